The van der Waals surface area contributed by atoms with E-state index < -0.39 is 0 Å². The van der Waals surface area contributed by atoms with Crippen molar-refractivity contribution in [2.75, 3.05) is 0 Å². The fraction of sp³-hybridized carbons (Fsp3) is 0.273. The van der Waals surface area contributed by atoms with E-state index in [1.807, 2.05) is 42.5 Å². The van der Waals surface area contributed by atoms with E-state index >= 15 is 0 Å². The summed E-state index contributed by atoms with van der Waals surface area (Å²) in [7, 11) is 0. The van der Waals surface area contributed by atoms with Gasteiger partial charge in [0.15, 0.2) is 0 Å². The molecule has 138 valence electrons. The quantitative estimate of drug-likeness (QED) is 0.692. The molecule has 1 heterocycles. The van der Waals surface area contributed by atoms with Crippen molar-refractivity contribution in [1.82, 2.24) is 10.3 Å². The van der Waals surface area contributed by atoms with Gasteiger partial charge < -0.3 is 10.1 Å². The standard InChI is InChI=1S/C22H21ClN2O2/c23-18-7-12-21(24-14-18)27-20-10-8-19(9-11-20)25-22(26)17-6-5-15-3-1-2-4-16(15)13-17/h1-7,12-14,19-20H,8-11H2,(H,25,26). The normalized spacial score (nSPS) is 19.6. The lowest BCUT2D eigenvalue weighted by molar-refractivity contribution is 0.0890. The van der Waals surface area contributed by atoms with Crippen molar-refractivity contribution in [3.05, 3.63) is 71.4 Å². The summed E-state index contributed by atoms with van der Waals surface area (Å²) in [4.78, 5) is 16.8. The van der Waals surface area contributed by atoms with Gasteiger partial charge in [0.1, 0.15) is 6.10 Å². The van der Waals surface area contributed by atoms with E-state index in [9.17, 15) is 4.79 Å². The molecule has 0 unspecified atom stereocenters. The maximum atomic E-state index is 12.6. The molecule has 0 bridgehead atoms. The van der Waals surface area contributed by atoms with Crippen molar-refractivity contribution >= 4 is 28.3 Å². The van der Waals surface area contributed by atoms with Crippen LogP contribution in [-0.2, 0) is 0 Å². The predicted molar refractivity (Wildman–Crippen MR) is 107 cm³/mol. The summed E-state index contributed by atoms with van der Waals surface area (Å²) in [6.45, 7) is 0. The topological polar surface area (TPSA) is 51.2 Å². The molecule has 0 atom stereocenters. The molecule has 4 nitrogen and oxygen atoms in total. The number of fused-ring (bicyclic) bond motifs is 1. The SMILES string of the molecule is O=C(NC1CCC(Oc2ccc(Cl)cn2)CC1)c1ccc2ccccc2c1. The minimum atomic E-state index is -0.00973. The fourth-order valence-corrected chi connectivity index (χ4v) is 3.64. The van der Waals surface area contributed by atoms with Crippen LogP contribution in [0.5, 0.6) is 5.88 Å². The molecule has 0 saturated heterocycles. The van der Waals surface area contributed by atoms with Gasteiger partial charge in [-0.1, -0.05) is 41.9 Å². The van der Waals surface area contributed by atoms with Gasteiger partial charge in [0, 0.05) is 23.9 Å². The van der Waals surface area contributed by atoms with Gasteiger partial charge in [-0.2, -0.15) is 0 Å². The van der Waals surface area contributed by atoms with E-state index in [1.54, 1.807) is 18.3 Å². The first-order valence-corrected chi connectivity index (χ1v) is 9.63. The number of halogens is 1. The zero-order valence-electron chi connectivity index (χ0n) is 14.9. The van der Waals surface area contributed by atoms with Crippen molar-refractivity contribution < 1.29 is 9.53 Å². The average molecular weight is 381 g/mol. The summed E-state index contributed by atoms with van der Waals surface area (Å²) in [5, 5.41) is 5.99. The molecular formula is C22H21ClN2O2. The smallest absolute Gasteiger partial charge is 0.251 e. The summed E-state index contributed by atoms with van der Waals surface area (Å²) in [5.74, 6) is 0.590. The molecule has 1 aliphatic rings. The van der Waals surface area contributed by atoms with E-state index in [0.717, 1.165) is 36.5 Å². The summed E-state index contributed by atoms with van der Waals surface area (Å²) in [5.41, 5.74) is 0.706. The van der Waals surface area contributed by atoms with Gasteiger partial charge >= 0.3 is 0 Å². The first kappa shape index (κ1) is 17.8. The Kier molecular flexibility index (Phi) is 5.26. The molecule has 1 fully saturated rings. The monoisotopic (exact) mass is 380 g/mol. The largest absolute Gasteiger partial charge is 0.474 e. The van der Waals surface area contributed by atoms with Crippen LogP contribution in [0.15, 0.2) is 60.8 Å². The average Bonchev–Trinajstić information content (AvgIpc) is 2.71. The van der Waals surface area contributed by atoms with E-state index in [4.69, 9.17) is 16.3 Å². The lowest BCUT2D eigenvalue weighted by atomic mass is 9.92. The summed E-state index contributed by atoms with van der Waals surface area (Å²) in [6, 6.07) is 17.6. The number of pyridine rings is 1. The molecule has 0 spiro atoms. The molecule has 1 aromatic heterocycles. The van der Waals surface area contributed by atoms with Crippen LogP contribution < -0.4 is 10.1 Å². The van der Waals surface area contributed by atoms with Gasteiger partial charge in [0.2, 0.25) is 5.88 Å². The minimum absolute atomic E-state index is 0.00973. The second-order valence-corrected chi connectivity index (χ2v) is 7.38. The Labute approximate surface area is 163 Å². The molecule has 3 aromatic rings. The first-order valence-electron chi connectivity index (χ1n) is 9.25. The van der Waals surface area contributed by atoms with Gasteiger partial charge in [0.25, 0.3) is 5.91 Å². The Bertz CT molecular complexity index is 934. The third kappa shape index (κ3) is 4.40. The van der Waals surface area contributed by atoms with Crippen LogP contribution in [0.2, 0.25) is 5.02 Å². The Morgan fingerprint density at radius 3 is 2.52 bits per heavy atom. The van der Waals surface area contributed by atoms with Crippen LogP contribution in [0.1, 0.15) is 36.0 Å². The molecule has 1 amide bonds. The first-order chi connectivity index (χ1) is 13.2. The zero-order valence-corrected chi connectivity index (χ0v) is 15.7. The number of ether oxygens (including phenoxy) is 1. The van der Waals surface area contributed by atoms with Crippen LogP contribution in [0.4, 0.5) is 0 Å². The van der Waals surface area contributed by atoms with Gasteiger partial charge in [-0.05, 0) is 54.7 Å². The third-order valence-corrected chi connectivity index (χ3v) is 5.23. The van der Waals surface area contributed by atoms with Crippen LogP contribution in [-0.4, -0.2) is 23.0 Å². The number of nitrogens with zero attached hydrogens (tertiary/aromatic N) is 1. The maximum absolute atomic E-state index is 12.6. The van der Waals surface area contributed by atoms with Gasteiger partial charge in [0.05, 0.1) is 5.02 Å². The molecule has 0 radical (unpaired) electrons. The van der Waals surface area contributed by atoms with Crippen molar-refractivity contribution in [3.63, 3.8) is 0 Å². The lowest BCUT2D eigenvalue weighted by Crippen LogP contribution is -2.39. The fourth-order valence-electron chi connectivity index (χ4n) is 3.53. The van der Waals surface area contributed by atoms with Gasteiger partial charge in [-0.15, -0.1) is 0 Å². The van der Waals surface area contributed by atoms with Crippen molar-refractivity contribution in [1.29, 1.82) is 0 Å². The van der Waals surface area contributed by atoms with Crippen LogP contribution in [0.3, 0.4) is 0 Å². The van der Waals surface area contributed by atoms with Crippen molar-refractivity contribution in [2.45, 2.75) is 37.8 Å². The number of benzene rings is 2. The van der Waals surface area contributed by atoms with Crippen molar-refractivity contribution in [2.24, 2.45) is 0 Å². The highest BCUT2D eigenvalue weighted by molar-refractivity contribution is 6.30. The second-order valence-electron chi connectivity index (χ2n) is 6.94. The van der Waals surface area contributed by atoms with Gasteiger partial charge in [-0.25, -0.2) is 4.98 Å². The Morgan fingerprint density at radius 1 is 1.00 bits per heavy atom. The van der Waals surface area contributed by atoms with Gasteiger partial charge in [-0.3, -0.25) is 4.79 Å². The number of hydrogen-bond donors (Lipinski definition) is 1. The maximum Gasteiger partial charge on any atom is 0.251 e. The number of rotatable bonds is 4. The lowest BCUT2D eigenvalue weighted by Gasteiger charge is -2.29. The minimum Gasteiger partial charge on any atom is -0.474 e. The second kappa shape index (κ2) is 7.97. The van der Waals surface area contributed by atoms with E-state index in [-0.39, 0.29) is 18.1 Å². The van der Waals surface area contributed by atoms with E-state index in [0.29, 0.717) is 16.5 Å². The molecule has 4 rings (SSSR count). The molecule has 0 aliphatic heterocycles. The Hall–Kier alpha value is -2.59. The third-order valence-electron chi connectivity index (χ3n) is 5.01. The van der Waals surface area contributed by atoms with Crippen LogP contribution in [0.25, 0.3) is 10.8 Å². The summed E-state index contributed by atoms with van der Waals surface area (Å²) < 4.78 is 5.91. The molecule has 27 heavy (non-hydrogen) atoms. The summed E-state index contributed by atoms with van der Waals surface area (Å²) >= 11 is 5.85. The highest BCUT2D eigenvalue weighted by Gasteiger charge is 2.24. The predicted octanol–water partition coefficient (Wildman–Crippen LogP) is 5.01. The molecule has 1 aliphatic carbocycles. The highest BCUT2D eigenvalue weighted by Crippen LogP contribution is 2.24. The van der Waals surface area contributed by atoms with Crippen LogP contribution in [0, 0.1) is 0 Å². The summed E-state index contributed by atoms with van der Waals surface area (Å²) in [6.07, 6.45) is 5.31. The Balaban J connectivity index is 1.31. The van der Waals surface area contributed by atoms with E-state index in [1.165, 1.54) is 0 Å². The van der Waals surface area contributed by atoms with E-state index in [2.05, 4.69) is 10.3 Å². The number of carbonyl (C=O) groups excluding carboxylic acids is 1. The number of nitrogens with one attached hydrogen (secondary N) is 1. The highest BCUT2D eigenvalue weighted by atomic mass is 35.5. The number of amides is 1. The molecule has 1 N–H and O–H groups in total. The number of hydrogen-bond acceptors (Lipinski definition) is 3. The number of carbonyl (C=O) groups is 1. The van der Waals surface area contributed by atoms with Crippen molar-refractivity contribution in [3.8, 4) is 5.88 Å². The zero-order chi connectivity index (χ0) is 18.6. The number of aromatic nitrogens is 1. The molecule has 2 aromatic carbocycles. The molecule has 1 saturated carbocycles. The Morgan fingerprint density at radius 2 is 1.78 bits per heavy atom. The molecular weight excluding hydrogens is 360 g/mol. The van der Waals surface area contributed by atoms with Crippen LogP contribution >= 0.6 is 11.6 Å². The molecule has 5 heteroatoms.